The van der Waals surface area contributed by atoms with E-state index in [1.54, 1.807) is 18.2 Å². The average molecular weight is 496 g/mol. The Hall–Kier alpha value is -3.72. The number of Topliss-reactive ketones (excluding diaryl/α,β-unsaturated/α-hetero) is 1. The molecule has 0 aromatic heterocycles. The molecule has 2 aromatic rings. The molecule has 0 radical (unpaired) electrons. The highest BCUT2D eigenvalue weighted by Gasteiger charge is 2.44. The van der Waals surface area contributed by atoms with Crippen LogP contribution in [-0.4, -0.2) is 53.8 Å². The van der Waals surface area contributed by atoms with Crippen LogP contribution in [0.2, 0.25) is 0 Å². The highest BCUT2D eigenvalue weighted by atomic mass is 16.6. The summed E-state index contributed by atoms with van der Waals surface area (Å²) in [6.07, 6.45) is -0.0401. The van der Waals surface area contributed by atoms with Crippen molar-refractivity contribution in [1.29, 1.82) is 0 Å². The van der Waals surface area contributed by atoms with Crippen molar-refractivity contribution < 1.29 is 29.3 Å². The van der Waals surface area contributed by atoms with Gasteiger partial charge in [-0.3, -0.25) is 19.7 Å². The van der Waals surface area contributed by atoms with E-state index in [1.807, 2.05) is 34.6 Å². The van der Waals surface area contributed by atoms with E-state index in [-0.39, 0.29) is 29.5 Å². The lowest BCUT2D eigenvalue weighted by atomic mass is 9.94. The van der Waals surface area contributed by atoms with Gasteiger partial charge in [-0.2, -0.15) is 0 Å². The van der Waals surface area contributed by atoms with Crippen LogP contribution in [-0.2, 0) is 9.59 Å². The molecule has 36 heavy (non-hydrogen) atoms. The number of quaternary nitrogens is 1. The van der Waals surface area contributed by atoms with E-state index in [1.165, 1.54) is 34.1 Å². The predicted molar refractivity (Wildman–Crippen MR) is 133 cm³/mol. The summed E-state index contributed by atoms with van der Waals surface area (Å²) in [5.41, 5.74) is 1.25. The lowest BCUT2D eigenvalue weighted by molar-refractivity contribution is -0.895. The van der Waals surface area contributed by atoms with Crippen molar-refractivity contribution in [2.75, 3.05) is 26.2 Å². The first-order valence-electron chi connectivity index (χ1n) is 12.2. The number of benzene rings is 2. The smallest absolute Gasteiger partial charge is 0.295 e. The van der Waals surface area contributed by atoms with Crippen LogP contribution in [0.1, 0.15) is 50.4 Å². The van der Waals surface area contributed by atoms with Crippen molar-refractivity contribution in [2.45, 2.75) is 46.8 Å². The third-order valence-electron chi connectivity index (χ3n) is 6.46. The Morgan fingerprint density at radius 2 is 1.75 bits per heavy atom. The second-order valence-electron chi connectivity index (χ2n) is 9.18. The van der Waals surface area contributed by atoms with Gasteiger partial charge in [-0.15, -0.1) is 0 Å². The summed E-state index contributed by atoms with van der Waals surface area (Å²) in [5.74, 6) is -1.47. The number of nitrogens with zero attached hydrogens (tertiary/aromatic N) is 2. The molecular formula is C27H33N3O6. The molecule has 1 atom stereocenters. The minimum absolute atomic E-state index is 0.0401. The quantitative estimate of drug-likeness (QED) is 0.177. The van der Waals surface area contributed by atoms with Gasteiger partial charge in [0.2, 0.25) is 5.78 Å². The Balaban J connectivity index is 2.10. The molecule has 1 aliphatic heterocycles. The van der Waals surface area contributed by atoms with Crippen LogP contribution in [0.25, 0.3) is 5.76 Å². The molecule has 9 nitrogen and oxygen atoms in total. The van der Waals surface area contributed by atoms with E-state index in [0.717, 1.165) is 18.7 Å². The molecule has 1 aliphatic rings. The maximum Gasteiger partial charge on any atom is 0.295 e. The van der Waals surface area contributed by atoms with Crippen LogP contribution in [0.5, 0.6) is 5.75 Å². The minimum atomic E-state index is -0.917. The molecule has 1 fully saturated rings. The van der Waals surface area contributed by atoms with E-state index < -0.39 is 28.4 Å². The molecule has 1 unspecified atom stereocenters. The van der Waals surface area contributed by atoms with Gasteiger partial charge in [-0.1, -0.05) is 11.8 Å². The summed E-state index contributed by atoms with van der Waals surface area (Å²) in [6, 6.07) is 9.66. The average Bonchev–Trinajstić information content (AvgIpc) is 3.10. The molecule has 1 N–H and O–H groups in total. The minimum Gasteiger partial charge on any atom is -0.872 e. The molecule has 0 spiro atoms. The van der Waals surface area contributed by atoms with E-state index in [0.29, 0.717) is 17.9 Å². The van der Waals surface area contributed by atoms with Gasteiger partial charge in [0.1, 0.15) is 5.75 Å². The first kappa shape index (κ1) is 26.9. The van der Waals surface area contributed by atoms with Crippen LogP contribution in [0.3, 0.4) is 0 Å². The van der Waals surface area contributed by atoms with Gasteiger partial charge in [-0.25, -0.2) is 0 Å². The van der Waals surface area contributed by atoms with Crippen LogP contribution in [0, 0.1) is 17.0 Å². The maximum absolute atomic E-state index is 13.7. The summed E-state index contributed by atoms with van der Waals surface area (Å²) in [5, 5.41) is 24.8. The topological polar surface area (TPSA) is 117 Å². The molecule has 1 amide bonds. The summed E-state index contributed by atoms with van der Waals surface area (Å²) < 4.78 is 5.75. The number of ketones is 1. The molecule has 0 saturated carbocycles. The van der Waals surface area contributed by atoms with Crippen molar-refractivity contribution in [2.24, 2.45) is 0 Å². The summed E-state index contributed by atoms with van der Waals surface area (Å²) in [7, 11) is 0. The number of non-ortho nitro benzene ring substituents is 1. The summed E-state index contributed by atoms with van der Waals surface area (Å²) >= 11 is 0. The molecule has 9 heteroatoms. The first-order chi connectivity index (χ1) is 17.1. The summed E-state index contributed by atoms with van der Waals surface area (Å²) in [4.78, 5) is 39.6. The number of hydrogen-bond donors (Lipinski definition) is 1. The number of nitrogens with one attached hydrogen (secondary N) is 1. The number of rotatable bonds is 10. The monoisotopic (exact) mass is 495 g/mol. The lowest BCUT2D eigenvalue weighted by Gasteiger charge is -2.28. The van der Waals surface area contributed by atoms with Gasteiger partial charge in [0.25, 0.3) is 11.6 Å². The van der Waals surface area contributed by atoms with Gasteiger partial charge in [0.15, 0.2) is 0 Å². The molecule has 0 aliphatic carbocycles. The van der Waals surface area contributed by atoms with Crippen molar-refractivity contribution in [3.05, 3.63) is 74.8 Å². The number of likely N-dealkylation sites (tertiary alicyclic amines) is 1. The number of likely N-dealkylation sites (N-methyl/N-ethyl adjacent to an activating group) is 1. The zero-order chi connectivity index (χ0) is 26.6. The zero-order valence-corrected chi connectivity index (χ0v) is 21.4. The Morgan fingerprint density at radius 1 is 1.11 bits per heavy atom. The molecule has 0 bridgehead atoms. The zero-order valence-electron chi connectivity index (χ0n) is 21.4. The number of carbonyl (C=O) groups is 2. The van der Waals surface area contributed by atoms with E-state index in [9.17, 15) is 24.8 Å². The summed E-state index contributed by atoms with van der Waals surface area (Å²) in [6.45, 7) is 12.3. The van der Waals surface area contributed by atoms with E-state index in [4.69, 9.17) is 4.74 Å². The van der Waals surface area contributed by atoms with Crippen LogP contribution in [0.4, 0.5) is 5.69 Å². The fourth-order valence-corrected chi connectivity index (χ4v) is 4.44. The molecule has 1 heterocycles. The number of aryl methyl sites for hydroxylation is 1. The van der Waals surface area contributed by atoms with Crippen LogP contribution in [0.15, 0.2) is 48.0 Å². The number of carbonyl (C=O) groups excluding carboxylic acids is 2. The van der Waals surface area contributed by atoms with Gasteiger partial charge in [0, 0.05) is 17.7 Å². The second kappa shape index (κ2) is 11.3. The Labute approximate surface area is 211 Å². The molecule has 3 rings (SSSR count). The normalized spacial score (nSPS) is 17.3. The van der Waals surface area contributed by atoms with E-state index >= 15 is 0 Å². The molecular weight excluding hydrogens is 462 g/mol. The Bertz CT molecular complexity index is 1170. The highest BCUT2D eigenvalue weighted by molar-refractivity contribution is 6.46. The number of nitro groups is 1. The Kier molecular flexibility index (Phi) is 8.47. The van der Waals surface area contributed by atoms with Gasteiger partial charge < -0.3 is 19.6 Å². The standard InChI is InChI=1S/C27H33N3O6/c1-6-28(7-2)14-15-29-24(19-8-11-21(12-9-19)30(34)35)23(26(32)27(29)33)25(31)20-10-13-22(18(5)16-20)36-17(3)4/h8-13,16-17,24,31H,6-7,14-15H2,1-5H3. The van der Waals surface area contributed by atoms with Crippen LogP contribution < -0.4 is 14.7 Å². The first-order valence-corrected chi connectivity index (χ1v) is 12.2. The molecule has 2 aromatic carbocycles. The maximum atomic E-state index is 13.7. The SMILES string of the molecule is CC[NH+](CC)CCN1C(=O)C(=O)C(=C([O-])c2ccc(OC(C)C)c(C)c2)C1c1ccc([N+](=O)[O-])cc1. The third-order valence-corrected chi connectivity index (χ3v) is 6.46. The number of ether oxygens (including phenoxy) is 1. The fourth-order valence-electron chi connectivity index (χ4n) is 4.44. The second-order valence-corrected chi connectivity index (χ2v) is 9.18. The van der Waals surface area contributed by atoms with Crippen LogP contribution >= 0.6 is 0 Å². The van der Waals surface area contributed by atoms with E-state index in [2.05, 4.69) is 0 Å². The number of amides is 1. The van der Waals surface area contributed by atoms with Crippen molar-refractivity contribution in [3.63, 3.8) is 0 Å². The lowest BCUT2D eigenvalue weighted by Crippen LogP contribution is -3.12. The molecule has 192 valence electrons. The largest absolute Gasteiger partial charge is 0.872 e. The third kappa shape index (κ3) is 5.57. The Morgan fingerprint density at radius 3 is 2.28 bits per heavy atom. The predicted octanol–water partition coefficient (Wildman–Crippen LogP) is 1.84. The van der Waals surface area contributed by atoms with Crippen molar-refractivity contribution >= 4 is 23.1 Å². The van der Waals surface area contributed by atoms with Crippen molar-refractivity contribution in [3.8, 4) is 5.75 Å². The van der Waals surface area contributed by atoms with Gasteiger partial charge in [-0.05, 0) is 75.6 Å². The van der Waals surface area contributed by atoms with Crippen molar-refractivity contribution in [1.82, 2.24) is 4.90 Å². The van der Waals surface area contributed by atoms with Gasteiger partial charge in [0.05, 0.1) is 43.2 Å². The molecule has 1 saturated heterocycles. The number of nitro benzene ring substituents is 1. The highest BCUT2D eigenvalue weighted by Crippen LogP contribution is 2.39. The fraction of sp³-hybridized carbons (Fsp3) is 0.407. The number of hydrogen-bond acceptors (Lipinski definition) is 6. The van der Waals surface area contributed by atoms with Gasteiger partial charge >= 0.3 is 0 Å².